The van der Waals surface area contributed by atoms with Crippen LogP contribution in [0.5, 0.6) is 0 Å². The Kier molecular flexibility index (Phi) is 5.16. The molecule has 0 saturated heterocycles. The van der Waals surface area contributed by atoms with Gasteiger partial charge in [0.2, 0.25) is 0 Å². The summed E-state index contributed by atoms with van der Waals surface area (Å²) >= 11 is 1.62. The highest BCUT2D eigenvalue weighted by Gasteiger charge is 2.35. The van der Waals surface area contributed by atoms with Crippen LogP contribution in [0.3, 0.4) is 0 Å². The number of benzene rings is 1. The number of hydrogen-bond donors (Lipinski definition) is 0. The lowest BCUT2D eigenvalue weighted by molar-refractivity contribution is 0.0575. The summed E-state index contributed by atoms with van der Waals surface area (Å²) in [6.45, 7) is 0. The first-order valence-electron chi connectivity index (χ1n) is 9.62. The summed E-state index contributed by atoms with van der Waals surface area (Å²) in [5.41, 5.74) is 1.91. The molecule has 2 aliphatic carbocycles. The molecule has 1 amide bonds. The van der Waals surface area contributed by atoms with Crippen molar-refractivity contribution in [1.29, 1.82) is 0 Å². The van der Waals surface area contributed by atoms with Crippen LogP contribution in [-0.4, -0.2) is 27.9 Å². The summed E-state index contributed by atoms with van der Waals surface area (Å²) in [6.07, 6.45) is 10.5. The van der Waals surface area contributed by atoms with Gasteiger partial charge < -0.3 is 4.90 Å². The Morgan fingerprint density at radius 1 is 1.00 bits per heavy atom. The minimum absolute atomic E-state index is 0.175. The Labute approximate surface area is 154 Å². The fraction of sp³-hybridized carbons (Fsp3) is 0.524. The van der Waals surface area contributed by atoms with Crippen LogP contribution in [0.4, 0.5) is 0 Å². The van der Waals surface area contributed by atoms with Crippen LogP contribution in [0, 0.1) is 0 Å². The average Bonchev–Trinajstić information content (AvgIpc) is 3.39. The third-order valence-electron chi connectivity index (χ3n) is 5.64. The lowest BCUT2D eigenvalue weighted by atomic mass is 10.1. The number of nitrogens with zero attached hydrogens (tertiary/aromatic N) is 2. The topological polar surface area (TPSA) is 33.2 Å². The second-order valence-corrected chi connectivity index (χ2v) is 8.32. The normalized spacial score (nSPS) is 18.7. The number of hydrogen-bond acceptors (Lipinski definition) is 3. The third kappa shape index (κ3) is 3.79. The largest absolute Gasteiger partial charge is 0.331 e. The molecule has 0 unspecified atom stereocenters. The molecule has 0 bridgehead atoms. The Balaban J connectivity index is 1.51. The first-order chi connectivity index (χ1) is 12.3. The van der Waals surface area contributed by atoms with Crippen LogP contribution in [0.2, 0.25) is 0 Å². The van der Waals surface area contributed by atoms with Crippen molar-refractivity contribution in [3.05, 3.63) is 52.0 Å². The summed E-state index contributed by atoms with van der Waals surface area (Å²) in [5, 5.41) is 3.00. The van der Waals surface area contributed by atoms with Gasteiger partial charge in [-0.2, -0.15) is 0 Å². The van der Waals surface area contributed by atoms with Crippen molar-refractivity contribution in [2.45, 2.75) is 69.9 Å². The molecule has 0 spiro atoms. The zero-order chi connectivity index (χ0) is 17.1. The van der Waals surface area contributed by atoms with E-state index >= 15 is 0 Å². The number of carbonyl (C=O) groups is 1. The summed E-state index contributed by atoms with van der Waals surface area (Å²) in [5.74, 6) is 0.175. The lowest BCUT2D eigenvalue weighted by Gasteiger charge is -2.34. The molecule has 1 aromatic carbocycles. The minimum Gasteiger partial charge on any atom is -0.331 e. The number of rotatable bonds is 5. The van der Waals surface area contributed by atoms with Crippen LogP contribution in [-0.2, 0) is 6.42 Å². The SMILES string of the molecule is O=C(c1csc(Cc2ccccc2)n1)N(C1CCCC1)C1CCCC1. The van der Waals surface area contributed by atoms with E-state index in [2.05, 4.69) is 29.2 Å². The molecule has 2 aliphatic rings. The Morgan fingerprint density at radius 3 is 2.20 bits per heavy atom. The molecule has 2 aromatic rings. The molecule has 0 aliphatic heterocycles. The fourth-order valence-corrected chi connectivity index (χ4v) is 5.19. The van der Waals surface area contributed by atoms with E-state index in [1.165, 1.54) is 56.9 Å². The molecule has 25 heavy (non-hydrogen) atoms. The van der Waals surface area contributed by atoms with Crippen molar-refractivity contribution in [2.75, 3.05) is 0 Å². The van der Waals surface area contributed by atoms with Crippen LogP contribution in [0.1, 0.15) is 72.4 Å². The highest BCUT2D eigenvalue weighted by atomic mass is 32.1. The van der Waals surface area contributed by atoms with Crippen molar-refractivity contribution in [3.8, 4) is 0 Å². The first-order valence-corrected chi connectivity index (χ1v) is 10.5. The predicted molar refractivity (Wildman–Crippen MR) is 102 cm³/mol. The summed E-state index contributed by atoms with van der Waals surface area (Å²) < 4.78 is 0. The van der Waals surface area contributed by atoms with Gasteiger partial charge in [0.1, 0.15) is 5.69 Å². The van der Waals surface area contributed by atoms with Crippen LogP contribution < -0.4 is 0 Å². The zero-order valence-corrected chi connectivity index (χ0v) is 15.5. The quantitative estimate of drug-likeness (QED) is 0.752. The van der Waals surface area contributed by atoms with Crippen molar-refractivity contribution in [3.63, 3.8) is 0 Å². The van der Waals surface area contributed by atoms with Gasteiger partial charge in [-0.3, -0.25) is 4.79 Å². The smallest absolute Gasteiger partial charge is 0.273 e. The summed E-state index contributed by atoms with van der Waals surface area (Å²) in [6, 6.07) is 11.2. The van der Waals surface area contributed by atoms with Crippen molar-refractivity contribution < 1.29 is 4.79 Å². The molecule has 1 aromatic heterocycles. The molecule has 0 atom stereocenters. The first kappa shape index (κ1) is 16.8. The van der Waals surface area contributed by atoms with Gasteiger partial charge in [-0.1, -0.05) is 56.0 Å². The number of carbonyl (C=O) groups excluding carboxylic acids is 1. The Bertz CT molecular complexity index is 684. The molecular formula is C21H26N2OS. The zero-order valence-electron chi connectivity index (χ0n) is 14.7. The maximum absolute atomic E-state index is 13.3. The van der Waals surface area contributed by atoms with E-state index in [-0.39, 0.29) is 5.91 Å². The highest BCUT2D eigenvalue weighted by molar-refractivity contribution is 7.09. The molecule has 132 valence electrons. The van der Waals surface area contributed by atoms with Gasteiger partial charge >= 0.3 is 0 Å². The lowest BCUT2D eigenvalue weighted by Crippen LogP contribution is -2.45. The van der Waals surface area contributed by atoms with E-state index in [4.69, 9.17) is 4.98 Å². The van der Waals surface area contributed by atoms with E-state index in [0.29, 0.717) is 17.8 Å². The Hall–Kier alpha value is -1.68. The molecule has 0 N–H and O–H groups in total. The summed E-state index contributed by atoms with van der Waals surface area (Å²) in [7, 11) is 0. The molecule has 2 fully saturated rings. The van der Waals surface area contributed by atoms with Gasteiger partial charge in [0.25, 0.3) is 5.91 Å². The van der Waals surface area contributed by atoms with Crippen LogP contribution in [0.25, 0.3) is 0 Å². The van der Waals surface area contributed by atoms with E-state index < -0.39 is 0 Å². The van der Waals surface area contributed by atoms with E-state index in [1.807, 2.05) is 11.4 Å². The van der Waals surface area contributed by atoms with Crippen LogP contribution >= 0.6 is 11.3 Å². The van der Waals surface area contributed by atoms with E-state index in [9.17, 15) is 4.79 Å². The van der Waals surface area contributed by atoms with Crippen molar-refractivity contribution >= 4 is 17.2 Å². The maximum atomic E-state index is 13.3. The molecule has 4 rings (SSSR count). The Morgan fingerprint density at radius 2 is 1.60 bits per heavy atom. The minimum atomic E-state index is 0.175. The third-order valence-corrected chi connectivity index (χ3v) is 6.49. The number of amides is 1. The molecule has 1 heterocycles. The van der Waals surface area contributed by atoms with Gasteiger partial charge in [-0.15, -0.1) is 11.3 Å². The van der Waals surface area contributed by atoms with E-state index in [1.54, 1.807) is 11.3 Å². The average molecular weight is 355 g/mol. The second kappa shape index (κ2) is 7.69. The number of thiazole rings is 1. The molecule has 0 radical (unpaired) electrons. The van der Waals surface area contributed by atoms with Gasteiger partial charge in [0, 0.05) is 23.9 Å². The van der Waals surface area contributed by atoms with Gasteiger partial charge in [0.15, 0.2) is 0 Å². The maximum Gasteiger partial charge on any atom is 0.273 e. The molecular weight excluding hydrogens is 328 g/mol. The number of aromatic nitrogens is 1. The van der Waals surface area contributed by atoms with Crippen LogP contribution in [0.15, 0.2) is 35.7 Å². The fourth-order valence-electron chi connectivity index (χ4n) is 4.39. The standard InChI is InChI=1S/C21H26N2OS/c24-21(23(17-10-4-5-11-17)18-12-6-7-13-18)19-15-25-20(22-19)14-16-8-2-1-3-9-16/h1-3,8-9,15,17-18H,4-7,10-14H2. The van der Waals surface area contributed by atoms with Gasteiger partial charge in [0.05, 0.1) is 5.01 Å². The summed E-state index contributed by atoms with van der Waals surface area (Å²) in [4.78, 5) is 20.2. The molecule has 2 saturated carbocycles. The van der Waals surface area contributed by atoms with E-state index in [0.717, 1.165) is 11.4 Å². The van der Waals surface area contributed by atoms with Crippen molar-refractivity contribution in [1.82, 2.24) is 9.88 Å². The monoisotopic (exact) mass is 354 g/mol. The predicted octanol–water partition coefficient (Wildman–Crippen LogP) is 5.06. The highest BCUT2D eigenvalue weighted by Crippen LogP contribution is 2.33. The van der Waals surface area contributed by atoms with Gasteiger partial charge in [-0.25, -0.2) is 4.98 Å². The molecule has 3 nitrogen and oxygen atoms in total. The molecule has 4 heteroatoms. The van der Waals surface area contributed by atoms with Gasteiger partial charge in [-0.05, 0) is 31.2 Å². The second-order valence-electron chi connectivity index (χ2n) is 7.38. The van der Waals surface area contributed by atoms with Crippen molar-refractivity contribution in [2.24, 2.45) is 0 Å².